The first-order valence-electron chi connectivity index (χ1n) is 7.52. The number of hydrogen-bond acceptors (Lipinski definition) is 6. The lowest BCUT2D eigenvalue weighted by atomic mass is 10.2. The number of methoxy groups -OCH3 is 1. The molecule has 2 N–H and O–H groups in total. The summed E-state index contributed by atoms with van der Waals surface area (Å²) < 4.78 is 7.16. The molecule has 0 unspecified atom stereocenters. The third-order valence-corrected chi connectivity index (χ3v) is 3.60. The molecular weight excluding hydrogens is 314 g/mol. The zero-order valence-electron chi connectivity index (χ0n) is 14.0. The molecule has 0 aliphatic heterocycles. The zero-order valence-corrected chi connectivity index (χ0v) is 14.0. The molecule has 2 rings (SSSR count). The van der Waals surface area contributed by atoms with Crippen molar-refractivity contribution in [3.8, 4) is 0 Å². The van der Waals surface area contributed by atoms with Gasteiger partial charge in [0, 0.05) is 40.8 Å². The smallest absolute Gasteiger partial charge is 0.332 e. The lowest BCUT2D eigenvalue weighted by molar-refractivity contribution is 0.0949. The Bertz CT molecular complexity index is 855. The van der Waals surface area contributed by atoms with Crippen LogP contribution >= 0.6 is 0 Å². The van der Waals surface area contributed by atoms with E-state index in [0.29, 0.717) is 26.2 Å². The fourth-order valence-electron chi connectivity index (χ4n) is 2.23. The van der Waals surface area contributed by atoms with E-state index in [-0.39, 0.29) is 22.6 Å². The van der Waals surface area contributed by atoms with Gasteiger partial charge in [-0.15, -0.1) is 0 Å². The summed E-state index contributed by atoms with van der Waals surface area (Å²) >= 11 is 0. The molecule has 0 radical (unpaired) electrons. The zero-order chi connectivity index (χ0) is 17.7. The number of rotatable bonds is 7. The summed E-state index contributed by atoms with van der Waals surface area (Å²) in [7, 11) is 4.54. The predicted molar refractivity (Wildman–Crippen MR) is 89.3 cm³/mol. The monoisotopic (exact) mass is 335 g/mol. The highest BCUT2D eigenvalue weighted by Crippen LogP contribution is 2.06. The number of aryl methyl sites for hydroxylation is 1. The third-order valence-electron chi connectivity index (χ3n) is 3.60. The maximum atomic E-state index is 12.1. The summed E-state index contributed by atoms with van der Waals surface area (Å²) in [4.78, 5) is 40.3. The van der Waals surface area contributed by atoms with Gasteiger partial charge in [-0.2, -0.15) is 0 Å². The van der Waals surface area contributed by atoms with Gasteiger partial charge in [0.2, 0.25) is 0 Å². The number of carbonyl (C=O) groups is 1. The highest BCUT2D eigenvalue weighted by atomic mass is 16.5. The summed E-state index contributed by atoms with van der Waals surface area (Å²) in [6, 6.07) is 2.98. The van der Waals surface area contributed by atoms with Gasteiger partial charge in [0.25, 0.3) is 11.5 Å². The second-order valence-corrected chi connectivity index (χ2v) is 5.27. The SMILES string of the molecule is COCCNCCNC(=O)c1ccc2c(=O)n(C)c(=O)n(C)c2n1. The molecule has 0 aliphatic rings. The minimum absolute atomic E-state index is 0.155. The van der Waals surface area contributed by atoms with Gasteiger partial charge in [-0.1, -0.05) is 0 Å². The van der Waals surface area contributed by atoms with Gasteiger partial charge in [-0.3, -0.25) is 18.7 Å². The first kappa shape index (κ1) is 17.8. The Labute approximate surface area is 138 Å². The predicted octanol–water partition coefficient (Wildman–Crippen LogP) is -1.40. The highest BCUT2D eigenvalue weighted by molar-refractivity contribution is 5.94. The molecule has 2 aromatic heterocycles. The van der Waals surface area contributed by atoms with E-state index in [1.807, 2.05) is 0 Å². The molecule has 0 aliphatic carbocycles. The molecule has 0 saturated carbocycles. The molecule has 9 heteroatoms. The van der Waals surface area contributed by atoms with Crippen LogP contribution in [0.2, 0.25) is 0 Å². The van der Waals surface area contributed by atoms with E-state index < -0.39 is 11.2 Å². The van der Waals surface area contributed by atoms with Gasteiger partial charge in [-0.05, 0) is 12.1 Å². The number of aromatic nitrogens is 3. The maximum absolute atomic E-state index is 12.1. The van der Waals surface area contributed by atoms with Crippen LogP contribution < -0.4 is 21.9 Å². The molecule has 0 spiro atoms. The molecule has 2 heterocycles. The fourth-order valence-corrected chi connectivity index (χ4v) is 2.23. The topological polar surface area (TPSA) is 107 Å². The lowest BCUT2D eigenvalue weighted by Crippen LogP contribution is -2.38. The van der Waals surface area contributed by atoms with Crippen molar-refractivity contribution in [2.24, 2.45) is 14.1 Å². The largest absolute Gasteiger partial charge is 0.383 e. The highest BCUT2D eigenvalue weighted by Gasteiger charge is 2.13. The van der Waals surface area contributed by atoms with Crippen molar-refractivity contribution < 1.29 is 9.53 Å². The van der Waals surface area contributed by atoms with Crippen molar-refractivity contribution in [3.05, 3.63) is 38.7 Å². The van der Waals surface area contributed by atoms with E-state index in [1.165, 1.54) is 30.8 Å². The normalized spacial score (nSPS) is 11.0. The molecule has 24 heavy (non-hydrogen) atoms. The number of ether oxygens (including phenoxy) is 1. The van der Waals surface area contributed by atoms with Gasteiger partial charge in [0.1, 0.15) is 11.3 Å². The van der Waals surface area contributed by atoms with Crippen LogP contribution in [0.4, 0.5) is 0 Å². The van der Waals surface area contributed by atoms with Crippen molar-refractivity contribution in [3.63, 3.8) is 0 Å². The second-order valence-electron chi connectivity index (χ2n) is 5.27. The molecule has 130 valence electrons. The van der Waals surface area contributed by atoms with Gasteiger partial charge >= 0.3 is 5.69 Å². The average Bonchev–Trinajstić information content (AvgIpc) is 2.60. The van der Waals surface area contributed by atoms with Crippen LogP contribution in [0.5, 0.6) is 0 Å². The average molecular weight is 335 g/mol. The fraction of sp³-hybridized carbons (Fsp3) is 0.467. The van der Waals surface area contributed by atoms with Crippen molar-refractivity contribution in [2.45, 2.75) is 0 Å². The summed E-state index contributed by atoms with van der Waals surface area (Å²) in [6.45, 7) is 2.33. The Balaban J connectivity index is 2.15. The first-order chi connectivity index (χ1) is 11.5. The molecule has 2 aromatic rings. The van der Waals surface area contributed by atoms with Crippen LogP contribution in [0.3, 0.4) is 0 Å². The number of nitrogens with one attached hydrogen (secondary N) is 2. The van der Waals surface area contributed by atoms with Crippen molar-refractivity contribution in [2.75, 3.05) is 33.4 Å². The lowest BCUT2D eigenvalue weighted by Gasteiger charge is -2.09. The Morgan fingerprint density at radius 1 is 1.17 bits per heavy atom. The first-order valence-corrected chi connectivity index (χ1v) is 7.52. The number of pyridine rings is 1. The Kier molecular flexibility index (Phi) is 5.83. The number of hydrogen-bond donors (Lipinski definition) is 2. The summed E-state index contributed by atoms with van der Waals surface area (Å²) in [5.41, 5.74) is -0.577. The molecule has 0 saturated heterocycles. The van der Waals surface area contributed by atoms with Crippen molar-refractivity contribution in [1.82, 2.24) is 24.8 Å². The minimum atomic E-state index is -0.486. The number of amides is 1. The molecule has 1 amide bonds. The Morgan fingerprint density at radius 2 is 1.92 bits per heavy atom. The molecule has 9 nitrogen and oxygen atoms in total. The van der Waals surface area contributed by atoms with Gasteiger partial charge in [0.15, 0.2) is 0 Å². The van der Waals surface area contributed by atoms with Crippen molar-refractivity contribution >= 4 is 16.9 Å². The Hall–Kier alpha value is -2.52. The van der Waals surface area contributed by atoms with Crippen LogP contribution in [-0.4, -0.2) is 53.4 Å². The summed E-state index contributed by atoms with van der Waals surface area (Å²) in [5, 5.41) is 6.12. The van der Waals surface area contributed by atoms with E-state index in [2.05, 4.69) is 15.6 Å². The molecule has 0 aromatic carbocycles. The van der Waals surface area contributed by atoms with Crippen LogP contribution in [0.25, 0.3) is 11.0 Å². The Morgan fingerprint density at radius 3 is 2.62 bits per heavy atom. The second kappa shape index (κ2) is 7.84. The van der Waals surface area contributed by atoms with Gasteiger partial charge in [-0.25, -0.2) is 9.78 Å². The quantitative estimate of drug-likeness (QED) is 0.603. The molecular formula is C15H21N5O4. The van der Waals surface area contributed by atoms with Crippen LogP contribution in [0, 0.1) is 0 Å². The van der Waals surface area contributed by atoms with E-state index in [9.17, 15) is 14.4 Å². The van der Waals surface area contributed by atoms with Crippen LogP contribution in [0.1, 0.15) is 10.5 Å². The van der Waals surface area contributed by atoms with Gasteiger partial charge in [0.05, 0.1) is 12.0 Å². The van der Waals surface area contributed by atoms with E-state index in [0.717, 1.165) is 4.57 Å². The van der Waals surface area contributed by atoms with E-state index in [4.69, 9.17) is 4.74 Å². The number of carbonyl (C=O) groups excluding carboxylic acids is 1. The van der Waals surface area contributed by atoms with E-state index >= 15 is 0 Å². The third kappa shape index (κ3) is 3.69. The van der Waals surface area contributed by atoms with Crippen LogP contribution in [0.15, 0.2) is 21.7 Å². The molecule has 0 bridgehead atoms. The standard InChI is InChI=1S/C15H21N5O4/c1-19-12-10(14(22)20(2)15(19)23)4-5-11(18-12)13(21)17-7-6-16-8-9-24-3/h4-5,16H,6-9H2,1-3H3,(H,17,21). The van der Waals surface area contributed by atoms with Crippen molar-refractivity contribution in [1.29, 1.82) is 0 Å². The van der Waals surface area contributed by atoms with Gasteiger partial charge < -0.3 is 15.4 Å². The van der Waals surface area contributed by atoms with E-state index in [1.54, 1.807) is 7.11 Å². The summed E-state index contributed by atoms with van der Waals surface area (Å²) in [6.07, 6.45) is 0. The molecule has 0 atom stereocenters. The number of fused-ring (bicyclic) bond motifs is 1. The molecule has 0 fully saturated rings. The number of nitrogens with zero attached hydrogens (tertiary/aromatic N) is 3. The summed E-state index contributed by atoms with van der Waals surface area (Å²) in [5.74, 6) is -0.362. The maximum Gasteiger partial charge on any atom is 0.332 e. The van der Waals surface area contributed by atoms with Crippen LogP contribution in [-0.2, 0) is 18.8 Å². The minimum Gasteiger partial charge on any atom is -0.383 e.